The van der Waals surface area contributed by atoms with Crippen molar-refractivity contribution in [3.8, 4) is 11.1 Å². The minimum atomic E-state index is -0.622. The lowest BCUT2D eigenvalue weighted by molar-refractivity contribution is -0.138. The van der Waals surface area contributed by atoms with E-state index in [0.29, 0.717) is 46.7 Å². The molecule has 2 saturated heterocycles. The Labute approximate surface area is 262 Å². The first-order chi connectivity index (χ1) is 21.0. The molecule has 11 nitrogen and oxygen atoms in total. The van der Waals surface area contributed by atoms with Crippen LogP contribution in [0.4, 0.5) is 5.82 Å². The molecule has 2 amide bonds. The third kappa shape index (κ3) is 4.89. The number of ketones is 1. The number of anilines is 1. The number of Topliss-reactive ketones (excluding diaryl/α,β-unsaturated/α-hetero) is 1. The normalized spacial score (nSPS) is 22.5. The molecule has 0 radical (unpaired) electrons. The maximum Gasteiger partial charge on any atom is 0.248 e. The van der Waals surface area contributed by atoms with Gasteiger partial charge in [-0.3, -0.25) is 19.1 Å². The highest BCUT2D eigenvalue weighted by Gasteiger charge is 2.64. The minimum Gasteiger partial charge on any atom is -0.380 e. The van der Waals surface area contributed by atoms with Crippen molar-refractivity contribution in [1.29, 1.82) is 0 Å². The van der Waals surface area contributed by atoms with Gasteiger partial charge in [-0.25, -0.2) is 15.0 Å². The average molecular weight is 659 g/mol. The third-order valence-corrected chi connectivity index (χ3v) is 9.63. The molecule has 1 aromatic carbocycles. The summed E-state index contributed by atoms with van der Waals surface area (Å²) >= 11 is 3.36. The van der Waals surface area contributed by atoms with E-state index in [2.05, 4.69) is 48.2 Å². The summed E-state index contributed by atoms with van der Waals surface area (Å²) in [5.74, 6) is 0.799. The van der Waals surface area contributed by atoms with E-state index >= 15 is 0 Å². The first-order valence-corrected chi connectivity index (χ1v) is 15.5. The van der Waals surface area contributed by atoms with Crippen LogP contribution >= 0.6 is 15.9 Å². The van der Waals surface area contributed by atoms with E-state index in [1.807, 2.05) is 38.1 Å². The van der Waals surface area contributed by atoms with E-state index in [9.17, 15) is 14.4 Å². The number of nitrogens with one attached hydrogen (secondary N) is 1. The second-order valence-electron chi connectivity index (χ2n) is 12.5. The molecule has 3 fully saturated rings. The molecule has 0 bridgehead atoms. The number of benzene rings is 1. The Morgan fingerprint density at radius 3 is 2.50 bits per heavy atom. The SMILES string of the molecule is CC(=O)c1nn(CC(=O)N2[C@H](C(=O)Nc3nc(Br)ccc3C)C[C@@]3(C)C[C@@H]23)c2c(C)cc(-c3cnc(C4COC4)nc3)cc12. The standard InChI is InChI=1S/C32H32BrN7O4/c1-16-5-6-25(33)36-29(16)37-31(43)23-9-32(4)10-24(32)40(23)26(42)13-39-28-17(2)7-19(8-22(28)27(38-39)18(3)41)20-11-34-30(35-12-20)21-14-44-15-21/h5-8,11-12,21,23-24H,9-10,13-15H2,1-4H3,(H,36,37,43)/t23-,24+,32-/m0/s1. The van der Waals surface area contributed by atoms with Crippen molar-refractivity contribution in [2.75, 3.05) is 18.5 Å². The van der Waals surface area contributed by atoms with Gasteiger partial charge in [-0.2, -0.15) is 5.10 Å². The maximum atomic E-state index is 14.0. The van der Waals surface area contributed by atoms with Gasteiger partial charge in [-0.05, 0) is 82.9 Å². The number of ether oxygens (including phenoxy) is 1. The predicted molar refractivity (Wildman–Crippen MR) is 166 cm³/mol. The lowest BCUT2D eigenvalue weighted by Gasteiger charge is -2.27. The molecule has 3 atom stereocenters. The summed E-state index contributed by atoms with van der Waals surface area (Å²) in [4.78, 5) is 55.4. The number of amides is 2. The summed E-state index contributed by atoms with van der Waals surface area (Å²) in [6, 6.07) is 6.96. The van der Waals surface area contributed by atoms with Crippen LogP contribution in [-0.2, 0) is 20.9 Å². The number of likely N-dealkylation sites (tertiary alicyclic amines) is 1. The molecule has 5 heterocycles. The Morgan fingerprint density at radius 1 is 1.07 bits per heavy atom. The van der Waals surface area contributed by atoms with Gasteiger partial charge < -0.3 is 15.0 Å². The number of carbonyl (C=O) groups excluding carboxylic acids is 3. The maximum absolute atomic E-state index is 14.0. The zero-order valence-electron chi connectivity index (χ0n) is 24.9. The van der Waals surface area contributed by atoms with Gasteiger partial charge in [0.2, 0.25) is 11.8 Å². The van der Waals surface area contributed by atoms with Crippen molar-refractivity contribution >= 4 is 50.2 Å². The number of carbonyl (C=O) groups is 3. The Bertz CT molecular complexity index is 1850. The Kier molecular flexibility index (Phi) is 6.89. The highest BCUT2D eigenvalue weighted by Crippen LogP contribution is 2.59. The Morgan fingerprint density at radius 2 is 1.82 bits per heavy atom. The van der Waals surface area contributed by atoms with Crippen LogP contribution < -0.4 is 5.32 Å². The van der Waals surface area contributed by atoms with E-state index in [-0.39, 0.29) is 41.5 Å². The quantitative estimate of drug-likeness (QED) is 0.225. The Balaban J connectivity index is 1.18. The molecule has 0 spiro atoms. The average Bonchev–Trinajstić information content (AvgIpc) is 3.30. The number of fused-ring (bicyclic) bond motifs is 2. The monoisotopic (exact) mass is 657 g/mol. The molecule has 4 aromatic rings. The third-order valence-electron chi connectivity index (χ3n) is 9.19. The fourth-order valence-electron chi connectivity index (χ4n) is 6.55. The molecule has 1 N–H and O–H groups in total. The van der Waals surface area contributed by atoms with Crippen molar-refractivity contribution in [3.63, 3.8) is 0 Å². The number of pyridine rings is 1. The zero-order chi connectivity index (χ0) is 30.9. The molecule has 12 heteroatoms. The number of halogens is 1. The summed E-state index contributed by atoms with van der Waals surface area (Å²) in [5.41, 5.74) is 4.30. The number of aryl methyl sites for hydroxylation is 2. The highest BCUT2D eigenvalue weighted by atomic mass is 79.9. The van der Waals surface area contributed by atoms with E-state index in [4.69, 9.17) is 4.74 Å². The van der Waals surface area contributed by atoms with Gasteiger partial charge in [0.25, 0.3) is 0 Å². The van der Waals surface area contributed by atoms with Gasteiger partial charge in [-0.1, -0.05) is 13.0 Å². The number of nitrogens with zero attached hydrogens (tertiary/aromatic N) is 6. The second kappa shape index (κ2) is 10.6. The summed E-state index contributed by atoms with van der Waals surface area (Å²) in [6.07, 6.45) is 5.02. The minimum absolute atomic E-state index is 0.0152. The summed E-state index contributed by atoms with van der Waals surface area (Å²) in [5, 5.41) is 8.23. The van der Waals surface area contributed by atoms with E-state index in [0.717, 1.165) is 34.5 Å². The molecule has 2 aliphatic heterocycles. The second-order valence-corrected chi connectivity index (χ2v) is 13.3. The van der Waals surface area contributed by atoms with Crippen LogP contribution in [0.25, 0.3) is 22.0 Å². The number of aromatic nitrogens is 5. The van der Waals surface area contributed by atoms with Crippen LogP contribution in [0.1, 0.15) is 60.0 Å². The van der Waals surface area contributed by atoms with Gasteiger partial charge in [0.15, 0.2) is 5.78 Å². The lowest BCUT2D eigenvalue weighted by atomic mass is 10.0. The molecule has 3 aromatic heterocycles. The van der Waals surface area contributed by atoms with Crippen LogP contribution in [0.15, 0.2) is 41.3 Å². The van der Waals surface area contributed by atoms with Crippen LogP contribution in [0.3, 0.4) is 0 Å². The fourth-order valence-corrected chi connectivity index (χ4v) is 6.86. The molecule has 7 rings (SSSR count). The van der Waals surface area contributed by atoms with E-state index in [1.54, 1.807) is 22.0 Å². The summed E-state index contributed by atoms with van der Waals surface area (Å²) in [7, 11) is 0. The van der Waals surface area contributed by atoms with Crippen LogP contribution in [0.5, 0.6) is 0 Å². The van der Waals surface area contributed by atoms with E-state index < -0.39 is 6.04 Å². The largest absolute Gasteiger partial charge is 0.380 e. The molecule has 44 heavy (non-hydrogen) atoms. The number of piperidine rings is 1. The molecule has 1 aliphatic carbocycles. The Hall–Kier alpha value is -4.03. The van der Waals surface area contributed by atoms with Crippen LogP contribution in [0, 0.1) is 19.3 Å². The number of rotatable bonds is 7. The molecule has 1 saturated carbocycles. The van der Waals surface area contributed by atoms with Gasteiger partial charge in [0.1, 0.15) is 34.5 Å². The molecular weight excluding hydrogens is 626 g/mol. The number of hydrogen-bond donors (Lipinski definition) is 1. The van der Waals surface area contributed by atoms with Crippen molar-refractivity contribution in [2.24, 2.45) is 5.41 Å². The fraction of sp³-hybridized carbons (Fsp3) is 0.406. The first kappa shape index (κ1) is 28.7. The topological polar surface area (TPSA) is 132 Å². The van der Waals surface area contributed by atoms with Gasteiger partial charge in [0.05, 0.1) is 24.6 Å². The van der Waals surface area contributed by atoms with Gasteiger partial charge in [-0.15, -0.1) is 0 Å². The zero-order valence-corrected chi connectivity index (χ0v) is 26.5. The molecule has 0 unspecified atom stereocenters. The van der Waals surface area contributed by atoms with Crippen LogP contribution in [-0.4, -0.2) is 72.5 Å². The van der Waals surface area contributed by atoms with Crippen molar-refractivity contribution in [2.45, 2.75) is 65.1 Å². The van der Waals surface area contributed by atoms with E-state index in [1.165, 1.54) is 6.92 Å². The molecule has 3 aliphatic rings. The van der Waals surface area contributed by atoms with Crippen molar-refractivity contribution < 1.29 is 19.1 Å². The lowest BCUT2D eigenvalue weighted by Crippen LogP contribution is -2.47. The van der Waals surface area contributed by atoms with Crippen molar-refractivity contribution in [3.05, 3.63) is 63.9 Å². The van der Waals surface area contributed by atoms with Crippen molar-refractivity contribution in [1.82, 2.24) is 29.6 Å². The smallest absolute Gasteiger partial charge is 0.248 e. The predicted octanol–water partition coefficient (Wildman–Crippen LogP) is 4.60. The summed E-state index contributed by atoms with van der Waals surface area (Å²) < 4.78 is 7.48. The first-order valence-electron chi connectivity index (χ1n) is 14.7. The number of hydrogen-bond acceptors (Lipinski definition) is 8. The molecular formula is C32H32BrN7O4. The van der Waals surface area contributed by atoms with Gasteiger partial charge in [0, 0.05) is 36.3 Å². The summed E-state index contributed by atoms with van der Waals surface area (Å²) in [6.45, 7) is 8.59. The molecule has 226 valence electrons. The highest BCUT2D eigenvalue weighted by molar-refractivity contribution is 9.10. The van der Waals surface area contributed by atoms with Gasteiger partial charge >= 0.3 is 0 Å². The van der Waals surface area contributed by atoms with Crippen LogP contribution in [0.2, 0.25) is 0 Å².